The van der Waals surface area contributed by atoms with Crippen LogP contribution in [0.15, 0.2) is 22.7 Å². The van der Waals surface area contributed by atoms with Gasteiger partial charge in [-0.05, 0) is 22.0 Å². The van der Waals surface area contributed by atoms with Gasteiger partial charge in [0.1, 0.15) is 5.69 Å². The largest absolute Gasteiger partial charge is 0.522 e. The van der Waals surface area contributed by atoms with Gasteiger partial charge in [0, 0.05) is 16.6 Å². The van der Waals surface area contributed by atoms with Gasteiger partial charge in [-0.2, -0.15) is 21.6 Å². The SMILES string of the molecule is C[N+](C)(C)c1ccc(Br)c(C(=O)O)c1.O=S(=O)(O)C(F)(F)F. The second-order valence-corrected chi connectivity index (χ2v) is 7.17. The third kappa shape index (κ3) is 6.30. The van der Waals surface area contributed by atoms with Crippen molar-refractivity contribution in [3.8, 4) is 0 Å². The maximum atomic E-state index is 10.9. The van der Waals surface area contributed by atoms with E-state index in [9.17, 15) is 18.0 Å². The van der Waals surface area contributed by atoms with Crippen molar-refractivity contribution in [3.05, 3.63) is 28.2 Å². The van der Waals surface area contributed by atoms with Crippen LogP contribution < -0.4 is 4.48 Å². The lowest BCUT2D eigenvalue weighted by Gasteiger charge is -2.23. The van der Waals surface area contributed by atoms with Crippen LogP contribution in [0.3, 0.4) is 0 Å². The summed E-state index contributed by atoms with van der Waals surface area (Å²) in [4.78, 5) is 10.9. The van der Waals surface area contributed by atoms with Gasteiger partial charge in [-0.15, -0.1) is 0 Å². The minimum atomic E-state index is -5.84. The zero-order valence-corrected chi connectivity index (χ0v) is 14.1. The molecule has 0 aliphatic carbocycles. The fourth-order valence-electron chi connectivity index (χ4n) is 1.09. The minimum absolute atomic E-state index is 0.301. The van der Waals surface area contributed by atoms with Gasteiger partial charge in [0.05, 0.1) is 26.7 Å². The van der Waals surface area contributed by atoms with Crippen molar-refractivity contribution in [2.45, 2.75) is 5.51 Å². The van der Waals surface area contributed by atoms with Crippen molar-refractivity contribution in [3.63, 3.8) is 0 Å². The summed E-state index contributed by atoms with van der Waals surface area (Å²) in [5, 5.41) is 8.92. The predicted octanol–water partition coefficient (Wildman–Crippen LogP) is 2.74. The van der Waals surface area contributed by atoms with E-state index in [1.165, 1.54) is 0 Å². The Morgan fingerprint density at radius 1 is 1.23 bits per heavy atom. The van der Waals surface area contributed by atoms with Gasteiger partial charge in [-0.1, -0.05) is 0 Å². The van der Waals surface area contributed by atoms with E-state index in [1.54, 1.807) is 12.1 Å². The zero-order chi connectivity index (χ0) is 17.9. The number of quaternary nitrogens is 1. The summed E-state index contributed by atoms with van der Waals surface area (Å²) in [6, 6.07) is 5.37. The highest BCUT2D eigenvalue weighted by molar-refractivity contribution is 9.10. The standard InChI is InChI=1S/C10H12BrNO2.CHF3O3S/c1-12(2,3)7-4-5-9(11)8(6-7)10(13)14;2-1(3,4)8(5,6)7/h4-6H,1-3H3;(H,5,6,7)/p+1. The molecule has 1 rings (SSSR count). The van der Waals surface area contributed by atoms with Crippen LogP contribution in [-0.4, -0.2) is 50.7 Å². The molecular weight excluding hydrogens is 395 g/mol. The Morgan fingerprint density at radius 3 is 1.91 bits per heavy atom. The van der Waals surface area contributed by atoms with E-state index >= 15 is 0 Å². The monoisotopic (exact) mass is 408 g/mol. The maximum Gasteiger partial charge on any atom is 0.522 e. The van der Waals surface area contributed by atoms with E-state index in [-0.39, 0.29) is 0 Å². The highest BCUT2D eigenvalue weighted by Gasteiger charge is 2.44. The topological polar surface area (TPSA) is 91.7 Å². The molecule has 0 amide bonds. The molecule has 0 radical (unpaired) electrons. The summed E-state index contributed by atoms with van der Waals surface area (Å²) in [5.74, 6) is -0.910. The fourth-order valence-corrected chi connectivity index (χ4v) is 1.51. The molecule has 0 atom stereocenters. The first-order chi connectivity index (χ1) is 9.57. The summed E-state index contributed by atoms with van der Waals surface area (Å²) < 4.78 is 58.8. The normalized spacial score (nSPS) is 12.4. The molecule has 2 N–H and O–H groups in total. The Bertz CT molecular complexity index is 653. The third-order valence-electron chi connectivity index (χ3n) is 2.25. The van der Waals surface area contributed by atoms with E-state index in [1.807, 2.05) is 27.2 Å². The lowest BCUT2D eigenvalue weighted by atomic mass is 10.2. The molecule has 0 saturated carbocycles. The number of carbonyl (C=O) groups is 1. The van der Waals surface area contributed by atoms with Crippen molar-refractivity contribution in [2.24, 2.45) is 0 Å². The Labute approximate surface area is 133 Å². The van der Waals surface area contributed by atoms with Gasteiger partial charge in [-0.3, -0.25) is 9.04 Å². The molecule has 0 saturated heterocycles. The Hall–Kier alpha value is -1.17. The molecule has 11 heteroatoms. The van der Waals surface area contributed by atoms with E-state index < -0.39 is 21.6 Å². The van der Waals surface area contributed by atoms with Crippen LogP contribution in [-0.2, 0) is 10.1 Å². The van der Waals surface area contributed by atoms with Crippen molar-refractivity contribution >= 4 is 37.7 Å². The van der Waals surface area contributed by atoms with Crippen molar-refractivity contribution in [1.29, 1.82) is 0 Å². The summed E-state index contributed by atoms with van der Waals surface area (Å²) in [6.07, 6.45) is 0. The molecule has 22 heavy (non-hydrogen) atoms. The van der Waals surface area contributed by atoms with Crippen LogP contribution in [0.2, 0.25) is 0 Å². The Balaban J connectivity index is 0.000000472. The number of rotatable bonds is 2. The maximum absolute atomic E-state index is 10.9. The van der Waals surface area contributed by atoms with Crippen molar-refractivity contribution in [2.75, 3.05) is 21.1 Å². The highest BCUT2D eigenvalue weighted by Crippen LogP contribution is 2.25. The molecule has 1 aromatic carbocycles. The molecule has 126 valence electrons. The summed E-state index contributed by atoms with van der Waals surface area (Å²) >= 11 is 3.21. The van der Waals surface area contributed by atoms with Crippen LogP contribution in [0.25, 0.3) is 0 Å². The predicted molar refractivity (Wildman–Crippen MR) is 78.3 cm³/mol. The lowest BCUT2D eigenvalue weighted by Crippen LogP contribution is -2.34. The molecule has 0 unspecified atom stereocenters. The minimum Gasteiger partial charge on any atom is -0.478 e. The summed E-state index contributed by atoms with van der Waals surface area (Å²) in [6.45, 7) is 0. The van der Waals surface area contributed by atoms with Crippen LogP contribution >= 0.6 is 15.9 Å². The summed E-state index contributed by atoms with van der Waals surface area (Å²) in [7, 11) is 0.144. The number of halogens is 4. The first-order valence-electron chi connectivity index (χ1n) is 5.46. The molecule has 0 heterocycles. The van der Waals surface area contributed by atoms with Crippen molar-refractivity contribution in [1.82, 2.24) is 4.48 Å². The number of hydrogen-bond acceptors (Lipinski definition) is 3. The molecule has 0 bridgehead atoms. The number of alkyl halides is 3. The van der Waals surface area contributed by atoms with Crippen molar-refractivity contribution < 1.29 is 36.0 Å². The van der Waals surface area contributed by atoms with E-state index in [4.69, 9.17) is 18.1 Å². The number of aromatic carboxylic acids is 1. The number of carboxylic acids is 1. The van der Waals surface area contributed by atoms with Gasteiger partial charge in [0.15, 0.2) is 0 Å². The molecule has 0 aromatic heterocycles. The average Bonchev–Trinajstić information content (AvgIpc) is 2.25. The fraction of sp³-hybridized carbons (Fsp3) is 0.364. The lowest BCUT2D eigenvalue weighted by molar-refractivity contribution is -0.0510. The number of hydrogen-bond donors (Lipinski definition) is 2. The highest BCUT2D eigenvalue weighted by atomic mass is 79.9. The Kier molecular flexibility index (Phi) is 6.57. The first-order valence-corrected chi connectivity index (χ1v) is 7.69. The van der Waals surface area contributed by atoms with Crippen LogP contribution in [0.1, 0.15) is 10.4 Å². The molecule has 6 nitrogen and oxygen atoms in total. The second-order valence-electron chi connectivity index (χ2n) is 4.90. The summed E-state index contributed by atoms with van der Waals surface area (Å²) in [5.41, 5.74) is -4.27. The zero-order valence-electron chi connectivity index (χ0n) is 11.7. The van der Waals surface area contributed by atoms with Crippen LogP contribution in [0.5, 0.6) is 0 Å². The van der Waals surface area contributed by atoms with Gasteiger partial charge in [-0.25, -0.2) is 4.79 Å². The van der Waals surface area contributed by atoms with Crippen LogP contribution in [0, 0.1) is 0 Å². The molecule has 0 aliphatic heterocycles. The van der Waals surface area contributed by atoms with Gasteiger partial charge in [0.2, 0.25) is 0 Å². The molecule has 0 aliphatic rings. The molecule has 1 aromatic rings. The smallest absolute Gasteiger partial charge is 0.478 e. The number of nitrogens with zero attached hydrogens (tertiary/aromatic N) is 1. The molecular formula is C11H14BrF3NO5S+. The molecule has 0 spiro atoms. The Morgan fingerprint density at radius 2 is 1.64 bits per heavy atom. The molecule has 0 fully saturated rings. The third-order valence-corrected chi connectivity index (χ3v) is 3.52. The van der Waals surface area contributed by atoms with Gasteiger partial charge >= 0.3 is 21.6 Å². The quantitative estimate of drug-likeness (QED) is 0.445. The number of benzene rings is 1. The van der Waals surface area contributed by atoms with E-state index in [2.05, 4.69) is 15.9 Å². The average molecular weight is 409 g/mol. The van der Waals surface area contributed by atoms with Gasteiger partial charge < -0.3 is 5.11 Å². The van der Waals surface area contributed by atoms with E-state index in [0.717, 1.165) is 5.69 Å². The van der Waals surface area contributed by atoms with Crippen LogP contribution in [0.4, 0.5) is 18.9 Å². The number of carboxylic acid groups (broad SMARTS) is 1. The van der Waals surface area contributed by atoms with Gasteiger partial charge in [0.25, 0.3) is 0 Å². The first kappa shape index (κ1) is 20.8. The van der Waals surface area contributed by atoms with E-state index in [0.29, 0.717) is 14.5 Å². The second kappa shape index (κ2) is 6.94.